The lowest BCUT2D eigenvalue weighted by Gasteiger charge is -1.99. The Balaban J connectivity index is 1.95. The number of hydrogen-bond acceptors (Lipinski definition) is 4. The lowest BCUT2D eigenvalue weighted by molar-refractivity contribution is -0.384. The van der Waals surface area contributed by atoms with E-state index in [4.69, 9.17) is 0 Å². The van der Waals surface area contributed by atoms with Crippen LogP contribution in [0, 0.1) is 10.1 Å². The van der Waals surface area contributed by atoms with E-state index in [1.165, 1.54) is 12.1 Å². The van der Waals surface area contributed by atoms with Crippen molar-refractivity contribution < 1.29 is 4.92 Å². The Labute approximate surface area is 122 Å². The van der Waals surface area contributed by atoms with E-state index in [-0.39, 0.29) is 5.69 Å². The van der Waals surface area contributed by atoms with Crippen LogP contribution in [0.2, 0.25) is 0 Å². The van der Waals surface area contributed by atoms with Crippen LogP contribution >= 0.6 is 0 Å². The molecule has 0 atom stereocenters. The number of nitro benzene ring substituents is 1. The minimum absolute atomic E-state index is 0.0599. The summed E-state index contributed by atoms with van der Waals surface area (Å²) >= 11 is 0. The van der Waals surface area contributed by atoms with Crippen LogP contribution in [-0.4, -0.2) is 11.1 Å². The molecule has 0 saturated carbocycles. The topological polar surface area (TPSA) is 67.5 Å². The molecular weight excluding hydrogens is 266 g/mol. The monoisotopic (exact) mass is 281 g/mol. The first-order chi connectivity index (χ1) is 10.1. The van der Waals surface area contributed by atoms with Crippen molar-refractivity contribution in [3.05, 3.63) is 75.8 Å². The van der Waals surface area contributed by atoms with E-state index in [1.807, 2.05) is 43.3 Å². The third-order valence-electron chi connectivity index (χ3n) is 2.73. The molecule has 106 valence electrons. The van der Waals surface area contributed by atoms with E-state index >= 15 is 0 Å². The maximum atomic E-state index is 10.5. The summed E-state index contributed by atoms with van der Waals surface area (Å²) in [6.07, 6.45) is 3.72. The largest absolute Gasteiger partial charge is 0.279 e. The van der Waals surface area contributed by atoms with Gasteiger partial charge in [-0.05, 0) is 30.2 Å². The van der Waals surface area contributed by atoms with E-state index in [9.17, 15) is 10.1 Å². The number of rotatable bonds is 5. The fraction of sp³-hybridized carbons (Fsp3) is 0.0625. The SMILES string of the molecule is CC(C=NNc1ccc([N+](=O)[O-])cc1)=Cc1ccccc1. The Morgan fingerprint density at radius 2 is 1.81 bits per heavy atom. The van der Waals surface area contributed by atoms with Crippen molar-refractivity contribution in [2.75, 3.05) is 5.43 Å². The molecule has 0 saturated heterocycles. The lowest BCUT2D eigenvalue weighted by atomic mass is 10.1. The molecule has 0 fully saturated rings. The second-order valence-electron chi connectivity index (χ2n) is 4.47. The molecule has 0 amide bonds. The molecule has 1 N–H and O–H groups in total. The molecular formula is C16H15N3O2. The zero-order chi connectivity index (χ0) is 15.1. The van der Waals surface area contributed by atoms with Crippen molar-refractivity contribution in [2.24, 2.45) is 5.10 Å². The molecule has 0 aliphatic heterocycles. The van der Waals surface area contributed by atoms with Gasteiger partial charge in [0.25, 0.3) is 5.69 Å². The summed E-state index contributed by atoms with van der Waals surface area (Å²) in [5.41, 5.74) is 5.70. The van der Waals surface area contributed by atoms with Gasteiger partial charge in [0.15, 0.2) is 0 Å². The zero-order valence-corrected chi connectivity index (χ0v) is 11.6. The summed E-state index contributed by atoms with van der Waals surface area (Å²) in [4.78, 5) is 10.1. The normalized spacial score (nSPS) is 11.6. The molecule has 0 aliphatic rings. The van der Waals surface area contributed by atoms with Crippen LogP contribution in [0.1, 0.15) is 12.5 Å². The summed E-state index contributed by atoms with van der Waals surface area (Å²) in [5.74, 6) is 0. The van der Waals surface area contributed by atoms with Gasteiger partial charge in [-0.3, -0.25) is 15.5 Å². The fourth-order valence-electron chi connectivity index (χ4n) is 1.72. The van der Waals surface area contributed by atoms with Gasteiger partial charge < -0.3 is 0 Å². The highest BCUT2D eigenvalue weighted by Gasteiger charge is 2.02. The standard InChI is InChI=1S/C16H15N3O2/c1-13(11-14-5-3-2-4-6-14)12-17-18-15-7-9-16(10-8-15)19(20)21/h2-12,18H,1H3. The number of allylic oxidation sites excluding steroid dienone is 1. The number of non-ortho nitro benzene ring substituents is 1. The maximum Gasteiger partial charge on any atom is 0.269 e. The van der Waals surface area contributed by atoms with Gasteiger partial charge in [-0.15, -0.1) is 0 Å². The number of hydrogen-bond donors (Lipinski definition) is 1. The molecule has 0 bridgehead atoms. The molecule has 0 unspecified atom stereocenters. The Morgan fingerprint density at radius 1 is 1.14 bits per heavy atom. The molecule has 2 aromatic rings. The average molecular weight is 281 g/mol. The average Bonchev–Trinajstić information content (AvgIpc) is 2.49. The predicted octanol–water partition coefficient (Wildman–Crippen LogP) is 4.10. The minimum Gasteiger partial charge on any atom is -0.279 e. The number of benzene rings is 2. The first-order valence-electron chi connectivity index (χ1n) is 6.42. The van der Waals surface area contributed by atoms with Crippen molar-refractivity contribution in [3.8, 4) is 0 Å². The zero-order valence-electron chi connectivity index (χ0n) is 11.6. The van der Waals surface area contributed by atoms with Crippen molar-refractivity contribution >= 4 is 23.7 Å². The van der Waals surface area contributed by atoms with E-state index in [0.717, 1.165) is 11.1 Å². The minimum atomic E-state index is -0.431. The number of anilines is 1. The van der Waals surface area contributed by atoms with Gasteiger partial charge in [0, 0.05) is 12.1 Å². The van der Waals surface area contributed by atoms with Crippen molar-refractivity contribution in [3.63, 3.8) is 0 Å². The van der Waals surface area contributed by atoms with Crippen LogP contribution in [0.5, 0.6) is 0 Å². The molecule has 0 heterocycles. The summed E-state index contributed by atoms with van der Waals surface area (Å²) in [6, 6.07) is 16.1. The Bertz CT molecular complexity index is 662. The quantitative estimate of drug-likeness (QED) is 0.509. The molecule has 5 nitrogen and oxygen atoms in total. The van der Waals surface area contributed by atoms with Gasteiger partial charge >= 0.3 is 0 Å². The molecule has 2 aromatic carbocycles. The summed E-state index contributed by atoms with van der Waals surface area (Å²) < 4.78 is 0. The third-order valence-corrected chi connectivity index (χ3v) is 2.73. The van der Waals surface area contributed by atoms with E-state index in [1.54, 1.807) is 18.3 Å². The number of nitro groups is 1. The van der Waals surface area contributed by atoms with Crippen LogP contribution in [0.4, 0.5) is 11.4 Å². The van der Waals surface area contributed by atoms with Gasteiger partial charge in [-0.2, -0.15) is 5.10 Å². The lowest BCUT2D eigenvalue weighted by Crippen LogP contribution is -1.91. The molecule has 2 rings (SSSR count). The number of hydrazone groups is 1. The maximum absolute atomic E-state index is 10.5. The Morgan fingerprint density at radius 3 is 2.43 bits per heavy atom. The van der Waals surface area contributed by atoms with Crippen molar-refractivity contribution in [2.45, 2.75) is 6.92 Å². The van der Waals surface area contributed by atoms with Crippen LogP contribution in [0.25, 0.3) is 6.08 Å². The molecule has 0 radical (unpaired) electrons. The Kier molecular flexibility index (Phi) is 4.82. The molecule has 5 heteroatoms. The molecule has 21 heavy (non-hydrogen) atoms. The van der Waals surface area contributed by atoms with Crippen LogP contribution in [0.3, 0.4) is 0 Å². The predicted molar refractivity (Wildman–Crippen MR) is 85.3 cm³/mol. The Hall–Kier alpha value is -2.95. The summed E-state index contributed by atoms with van der Waals surface area (Å²) in [7, 11) is 0. The van der Waals surface area contributed by atoms with Crippen LogP contribution in [-0.2, 0) is 0 Å². The van der Waals surface area contributed by atoms with Crippen LogP contribution in [0.15, 0.2) is 65.3 Å². The van der Waals surface area contributed by atoms with E-state index in [0.29, 0.717) is 5.69 Å². The highest BCUT2D eigenvalue weighted by atomic mass is 16.6. The van der Waals surface area contributed by atoms with Gasteiger partial charge in [0.2, 0.25) is 0 Å². The smallest absolute Gasteiger partial charge is 0.269 e. The molecule has 0 aliphatic carbocycles. The van der Waals surface area contributed by atoms with Crippen molar-refractivity contribution in [1.29, 1.82) is 0 Å². The van der Waals surface area contributed by atoms with Gasteiger partial charge in [-0.25, -0.2) is 0 Å². The molecule has 0 spiro atoms. The second-order valence-corrected chi connectivity index (χ2v) is 4.47. The third kappa shape index (κ3) is 4.58. The van der Waals surface area contributed by atoms with E-state index in [2.05, 4.69) is 10.5 Å². The highest BCUT2D eigenvalue weighted by molar-refractivity contribution is 5.85. The first kappa shape index (κ1) is 14.5. The molecule has 0 aromatic heterocycles. The van der Waals surface area contributed by atoms with Gasteiger partial charge in [0.05, 0.1) is 16.8 Å². The second kappa shape index (κ2) is 7.00. The summed E-state index contributed by atoms with van der Waals surface area (Å²) in [5, 5.41) is 14.6. The fourth-order valence-corrected chi connectivity index (χ4v) is 1.72. The highest BCUT2D eigenvalue weighted by Crippen LogP contribution is 2.15. The summed E-state index contributed by atoms with van der Waals surface area (Å²) in [6.45, 7) is 1.95. The number of nitrogens with one attached hydrogen (secondary N) is 1. The van der Waals surface area contributed by atoms with Gasteiger partial charge in [0.1, 0.15) is 0 Å². The first-order valence-corrected chi connectivity index (χ1v) is 6.42. The van der Waals surface area contributed by atoms with E-state index < -0.39 is 4.92 Å². The number of nitrogens with zero attached hydrogens (tertiary/aromatic N) is 2. The van der Waals surface area contributed by atoms with Crippen LogP contribution < -0.4 is 5.43 Å². The van der Waals surface area contributed by atoms with Crippen molar-refractivity contribution in [1.82, 2.24) is 0 Å². The van der Waals surface area contributed by atoms with Gasteiger partial charge in [-0.1, -0.05) is 36.4 Å².